The fourth-order valence-corrected chi connectivity index (χ4v) is 5.72. The molecule has 3 aromatic carbocycles. The maximum atomic E-state index is 13.9. The van der Waals surface area contributed by atoms with Crippen LogP contribution >= 0.6 is 11.8 Å². The molecular weight excluding hydrogens is 441 g/mol. The average molecular weight is 462 g/mol. The summed E-state index contributed by atoms with van der Waals surface area (Å²) in [6.07, 6.45) is 0. The zero-order chi connectivity index (χ0) is 23.2. The largest absolute Gasteiger partial charge is 0.325 e. The summed E-state index contributed by atoms with van der Waals surface area (Å²) in [6.45, 7) is 1.70. The number of thioether (sulfide) groups is 1. The van der Waals surface area contributed by atoms with Gasteiger partial charge in [0, 0.05) is 16.9 Å². The number of para-hydroxylation sites is 1. The number of carbonyl (C=O) groups is 3. The van der Waals surface area contributed by atoms with Gasteiger partial charge in [-0.1, -0.05) is 30.3 Å². The van der Waals surface area contributed by atoms with Gasteiger partial charge in [0.2, 0.25) is 16.7 Å². The Bertz CT molecular complexity index is 1280. The summed E-state index contributed by atoms with van der Waals surface area (Å²) in [5, 5.41) is 2.70. The van der Waals surface area contributed by atoms with Crippen LogP contribution in [0.25, 0.3) is 0 Å². The molecule has 2 heterocycles. The zero-order valence-electron chi connectivity index (χ0n) is 17.7. The van der Waals surface area contributed by atoms with Gasteiger partial charge < -0.3 is 5.32 Å². The minimum Gasteiger partial charge on any atom is -0.325 e. The van der Waals surface area contributed by atoms with Crippen LogP contribution in [0.5, 0.6) is 0 Å². The van der Waals surface area contributed by atoms with Crippen LogP contribution in [0.2, 0.25) is 0 Å². The molecular formula is C25H20FN3O3S. The lowest BCUT2D eigenvalue weighted by atomic mass is 10.0. The van der Waals surface area contributed by atoms with Crippen LogP contribution < -0.4 is 15.1 Å². The van der Waals surface area contributed by atoms with Gasteiger partial charge in [-0.2, -0.15) is 0 Å². The first kappa shape index (κ1) is 21.2. The maximum Gasteiger partial charge on any atom is 0.269 e. The van der Waals surface area contributed by atoms with Crippen molar-refractivity contribution in [3.05, 3.63) is 89.7 Å². The molecule has 1 N–H and O–H groups in total. The number of nitrogens with zero attached hydrogens (tertiary/aromatic N) is 2. The second kappa shape index (κ2) is 8.04. The first-order valence-corrected chi connectivity index (χ1v) is 11.4. The fraction of sp³-hybridized carbons (Fsp3) is 0.160. The smallest absolute Gasteiger partial charge is 0.269 e. The second-order valence-electron chi connectivity index (χ2n) is 7.96. The van der Waals surface area contributed by atoms with E-state index >= 15 is 0 Å². The Morgan fingerprint density at radius 1 is 1.06 bits per heavy atom. The summed E-state index contributed by atoms with van der Waals surface area (Å²) in [4.78, 5) is 41.4. The Morgan fingerprint density at radius 2 is 1.82 bits per heavy atom. The van der Waals surface area contributed by atoms with Crippen molar-refractivity contribution in [3.63, 3.8) is 0 Å². The van der Waals surface area contributed by atoms with Crippen LogP contribution in [0.3, 0.4) is 0 Å². The number of hydrogen-bond donors (Lipinski definition) is 1. The lowest BCUT2D eigenvalue weighted by molar-refractivity contribution is -0.124. The van der Waals surface area contributed by atoms with E-state index < -0.39 is 16.6 Å². The first-order valence-electron chi connectivity index (χ1n) is 10.4. The third-order valence-electron chi connectivity index (χ3n) is 5.75. The summed E-state index contributed by atoms with van der Waals surface area (Å²) >= 11 is 1.27. The minimum absolute atomic E-state index is 0.156. The summed E-state index contributed by atoms with van der Waals surface area (Å²) in [5.74, 6) is -1.17. The quantitative estimate of drug-likeness (QED) is 0.637. The Morgan fingerprint density at radius 3 is 2.58 bits per heavy atom. The van der Waals surface area contributed by atoms with Gasteiger partial charge in [-0.05, 0) is 55.0 Å². The number of carbonyl (C=O) groups excluding carboxylic acids is 3. The van der Waals surface area contributed by atoms with Crippen molar-refractivity contribution >= 4 is 46.5 Å². The SMILES string of the molecule is Cc1cccc(N2C(=O)CSC23C(=O)N(CC(=O)Nc2ccc(F)cc2)c2ccccc23)c1. The number of aryl methyl sites for hydroxylation is 1. The molecule has 8 heteroatoms. The van der Waals surface area contributed by atoms with Gasteiger partial charge in [-0.3, -0.25) is 24.2 Å². The van der Waals surface area contributed by atoms with Crippen LogP contribution in [0.1, 0.15) is 11.1 Å². The monoisotopic (exact) mass is 461 g/mol. The van der Waals surface area contributed by atoms with Crippen molar-refractivity contribution in [2.45, 2.75) is 11.8 Å². The standard InChI is InChI=1S/C25H20FN3O3S/c1-16-5-4-6-19(13-16)29-23(31)15-33-25(29)20-7-2-3-8-21(20)28(24(25)32)14-22(30)27-18-11-9-17(26)10-12-18/h2-13H,14-15H2,1H3,(H,27,30). The summed E-state index contributed by atoms with van der Waals surface area (Å²) < 4.78 is 13.2. The predicted molar refractivity (Wildman–Crippen MR) is 127 cm³/mol. The molecule has 166 valence electrons. The van der Waals surface area contributed by atoms with E-state index in [1.54, 1.807) is 17.0 Å². The molecule has 1 saturated heterocycles. The molecule has 6 nitrogen and oxygen atoms in total. The van der Waals surface area contributed by atoms with E-state index in [4.69, 9.17) is 0 Å². The van der Waals surface area contributed by atoms with Crippen molar-refractivity contribution < 1.29 is 18.8 Å². The highest BCUT2D eigenvalue weighted by Crippen LogP contribution is 2.55. The normalized spacial score (nSPS) is 19.3. The molecule has 0 aliphatic carbocycles. The number of anilines is 3. The number of rotatable bonds is 4. The Balaban J connectivity index is 1.51. The minimum atomic E-state index is -1.27. The Kier molecular flexibility index (Phi) is 5.17. The van der Waals surface area contributed by atoms with Crippen molar-refractivity contribution in [2.75, 3.05) is 27.4 Å². The molecule has 3 aromatic rings. The van der Waals surface area contributed by atoms with Gasteiger partial charge in [0.15, 0.2) is 0 Å². The van der Waals surface area contributed by atoms with Gasteiger partial charge >= 0.3 is 0 Å². The van der Waals surface area contributed by atoms with E-state index in [1.807, 2.05) is 43.3 Å². The molecule has 0 radical (unpaired) electrons. The Hall–Kier alpha value is -3.65. The topological polar surface area (TPSA) is 69.7 Å². The fourth-order valence-electron chi connectivity index (χ4n) is 4.36. The average Bonchev–Trinajstić information content (AvgIpc) is 3.26. The van der Waals surface area contributed by atoms with E-state index in [0.29, 0.717) is 22.6 Å². The molecule has 2 aliphatic heterocycles. The highest BCUT2D eigenvalue weighted by Gasteiger charge is 2.61. The Labute approximate surface area is 194 Å². The number of hydrogen-bond acceptors (Lipinski definition) is 4. The van der Waals surface area contributed by atoms with Crippen molar-refractivity contribution in [3.8, 4) is 0 Å². The molecule has 0 aromatic heterocycles. The number of fused-ring (bicyclic) bond motifs is 2. The third kappa shape index (κ3) is 3.47. The van der Waals surface area contributed by atoms with Crippen LogP contribution in [-0.2, 0) is 19.3 Å². The molecule has 5 rings (SSSR count). The van der Waals surface area contributed by atoms with E-state index in [0.717, 1.165) is 5.56 Å². The van der Waals surface area contributed by atoms with Crippen LogP contribution in [0.15, 0.2) is 72.8 Å². The summed E-state index contributed by atoms with van der Waals surface area (Å²) in [5.41, 5.74) is 3.33. The molecule has 1 unspecified atom stereocenters. The van der Waals surface area contributed by atoms with Crippen LogP contribution in [0.4, 0.5) is 21.5 Å². The molecule has 0 bridgehead atoms. The summed E-state index contributed by atoms with van der Waals surface area (Å²) in [7, 11) is 0. The molecule has 1 atom stereocenters. The predicted octanol–water partition coefficient (Wildman–Crippen LogP) is 4.05. The lowest BCUT2D eigenvalue weighted by Crippen LogP contribution is -2.50. The lowest BCUT2D eigenvalue weighted by Gasteiger charge is -2.33. The zero-order valence-corrected chi connectivity index (χ0v) is 18.6. The number of halogens is 1. The molecule has 1 spiro atoms. The molecule has 3 amide bonds. The van der Waals surface area contributed by atoms with Gasteiger partial charge in [0.1, 0.15) is 12.4 Å². The van der Waals surface area contributed by atoms with E-state index in [9.17, 15) is 18.8 Å². The van der Waals surface area contributed by atoms with Gasteiger partial charge in [-0.15, -0.1) is 11.8 Å². The van der Waals surface area contributed by atoms with Crippen molar-refractivity contribution in [1.29, 1.82) is 0 Å². The molecule has 0 saturated carbocycles. The summed E-state index contributed by atoms with van der Waals surface area (Å²) in [6, 6.07) is 20.1. The maximum absolute atomic E-state index is 13.9. The number of nitrogens with one attached hydrogen (secondary N) is 1. The highest BCUT2D eigenvalue weighted by molar-refractivity contribution is 8.02. The highest BCUT2D eigenvalue weighted by atomic mass is 32.2. The van der Waals surface area contributed by atoms with Crippen molar-refractivity contribution in [2.24, 2.45) is 0 Å². The van der Waals surface area contributed by atoms with Gasteiger partial charge in [0.05, 0.1) is 11.4 Å². The van der Waals surface area contributed by atoms with E-state index in [-0.39, 0.29) is 24.1 Å². The van der Waals surface area contributed by atoms with Crippen LogP contribution in [0, 0.1) is 12.7 Å². The van der Waals surface area contributed by atoms with Gasteiger partial charge in [-0.25, -0.2) is 4.39 Å². The molecule has 33 heavy (non-hydrogen) atoms. The second-order valence-corrected chi connectivity index (χ2v) is 9.13. The third-order valence-corrected chi connectivity index (χ3v) is 7.14. The number of amides is 3. The molecule has 2 aliphatic rings. The van der Waals surface area contributed by atoms with E-state index in [2.05, 4.69) is 5.32 Å². The van der Waals surface area contributed by atoms with Crippen molar-refractivity contribution in [1.82, 2.24) is 0 Å². The van der Waals surface area contributed by atoms with Gasteiger partial charge in [0.25, 0.3) is 5.91 Å². The van der Waals surface area contributed by atoms with Crippen LogP contribution in [-0.4, -0.2) is 30.0 Å². The molecule has 1 fully saturated rings. The van der Waals surface area contributed by atoms with E-state index in [1.165, 1.54) is 40.9 Å². The number of benzene rings is 3. The first-order chi connectivity index (χ1) is 15.9.